The zero-order chi connectivity index (χ0) is 15.4. The smallest absolute Gasteiger partial charge is 0.253 e. The van der Waals surface area contributed by atoms with E-state index in [9.17, 15) is 0 Å². The van der Waals surface area contributed by atoms with Crippen LogP contribution in [0, 0.1) is 0 Å². The molecule has 5 nitrogen and oxygen atoms in total. The van der Waals surface area contributed by atoms with Gasteiger partial charge in [-0.3, -0.25) is 4.98 Å². The van der Waals surface area contributed by atoms with Crippen LogP contribution >= 0.6 is 0 Å². The van der Waals surface area contributed by atoms with Gasteiger partial charge in [0.2, 0.25) is 5.89 Å². The number of benzene rings is 1. The molecule has 0 saturated carbocycles. The van der Waals surface area contributed by atoms with E-state index in [4.69, 9.17) is 9.15 Å². The molecule has 0 unspecified atom stereocenters. The number of nitrogens with zero attached hydrogens (tertiary/aromatic N) is 3. The van der Waals surface area contributed by atoms with E-state index in [-0.39, 0.29) is 12.5 Å². The Balaban J connectivity index is 1.63. The van der Waals surface area contributed by atoms with Crippen molar-refractivity contribution in [1.82, 2.24) is 15.2 Å². The molecule has 0 atom stereocenters. The normalized spacial score (nSPS) is 10.9. The molecule has 0 radical (unpaired) electrons. The molecule has 22 heavy (non-hydrogen) atoms. The SMILES string of the molecule is CC(C)c1nnc(COc2ccc(-c3ccccc3)nc2)o1. The molecule has 2 heterocycles. The van der Waals surface area contributed by atoms with Crippen LogP contribution in [0.25, 0.3) is 11.3 Å². The molecule has 0 saturated heterocycles. The van der Waals surface area contributed by atoms with Crippen LogP contribution in [0.2, 0.25) is 0 Å². The van der Waals surface area contributed by atoms with Crippen molar-refractivity contribution in [2.75, 3.05) is 0 Å². The first-order chi connectivity index (χ1) is 10.7. The summed E-state index contributed by atoms with van der Waals surface area (Å²) >= 11 is 0. The lowest BCUT2D eigenvalue weighted by Crippen LogP contribution is -1.96. The highest BCUT2D eigenvalue weighted by Crippen LogP contribution is 2.20. The quantitative estimate of drug-likeness (QED) is 0.715. The van der Waals surface area contributed by atoms with E-state index >= 15 is 0 Å². The second-order valence-corrected chi connectivity index (χ2v) is 5.22. The molecule has 2 aromatic heterocycles. The third-order valence-electron chi connectivity index (χ3n) is 3.14. The van der Waals surface area contributed by atoms with Gasteiger partial charge < -0.3 is 9.15 Å². The highest BCUT2D eigenvalue weighted by atomic mass is 16.5. The Hall–Kier alpha value is -2.69. The molecule has 0 aliphatic rings. The summed E-state index contributed by atoms with van der Waals surface area (Å²) in [6.07, 6.45) is 1.70. The summed E-state index contributed by atoms with van der Waals surface area (Å²) < 4.78 is 11.1. The number of pyridine rings is 1. The minimum atomic E-state index is 0.216. The van der Waals surface area contributed by atoms with Crippen LogP contribution in [0.1, 0.15) is 31.5 Å². The van der Waals surface area contributed by atoms with Gasteiger partial charge in [-0.05, 0) is 12.1 Å². The third kappa shape index (κ3) is 3.31. The Morgan fingerprint density at radius 3 is 2.50 bits per heavy atom. The molecular formula is C17H17N3O2. The predicted molar refractivity (Wildman–Crippen MR) is 82.4 cm³/mol. The standard InChI is InChI=1S/C17H17N3O2/c1-12(2)17-20-19-16(22-17)11-21-14-8-9-15(18-10-14)13-6-4-3-5-7-13/h3-10,12H,11H2,1-2H3. The van der Waals surface area contributed by atoms with Crippen LogP contribution in [-0.4, -0.2) is 15.2 Å². The summed E-state index contributed by atoms with van der Waals surface area (Å²) in [7, 11) is 0. The largest absolute Gasteiger partial charge is 0.482 e. The Bertz CT molecular complexity index is 721. The number of ether oxygens (including phenoxy) is 1. The molecule has 0 aliphatic heterocycles. The molecule has 0 spiro atoms. The van der Waals surface area contributed by atoms with Crippen LogP contribution in [0.5, 0.6) is 5.75 Å². The van der Waals surface area contributed by atoms with E-state index < -0.39 is 0 Å². The first kappa shape index (κ1) is 14.3. The Morgan fingerprint density at radius 2 is 1.86 bits per heavy atom. The monoisotopic (exact) mass is 295 g/mol. The fourth-order valence-corrected chi connectivity index (χ4v) is 1.95. The highest BCUT2D eigenvalue weighted by Gasteiger charge is 2.10. The molecule has 0 fully saturated rings. The molecular weight excluding hydrogens is 278 g/mol. The first-order valence-electron chi connectivity index (χ1n) is 7.19. The fourth-order valence-electron chi connectivity index (χ4n) is 1.95. The Kier molecular flexibility index (Phi) is 4.14. The molecule has 3 rings (SSSR count). The van der Waals surface area contributed by atoms with Gasteiger partial charge in [0.15, 0.2) is 6.61 Å². The summed E-state index contributed by atoms with van der Waals surface area (Å²) in [5.74, 6) is 1.98. The zero-order valence-electron chi connectivity index (χ0n) is 12.6. The van der Waals surface area contributed by atoms with Gasteiger partial charge in [0.05, 0.1) is 11.9 Å². The first-order valence-corrected chi connectivity index (χ1v) is 7.19. The van der Waals surface area contributed by atoms with Crippen molar-refractivity contribution >= 4 is 0 Å². The average Bonchev–Trinajstić information content (AvgIpc) is 3.04. The van der Waals surface area contributed by atoms with Crippen LogP contribution < -0.4 is 4.74 Å². The van der Waals surface area contributed by atoms with E-state index in [0.717, 1.165) is 11.3 Å². The molecule has 0 amide bonds. The number of hydrogen-bond acceptors (Lipinski definition) is 5. The summed E-state index contributed by atoms with van der Waals surface area (Å²) in [5.41, 5.74) is 1.99. The molecule has 0 N–H and O–H groups in total. The summed E-state index contributed by atoms with van der Waals surface area (Å²) in [6.45, 7) is 4.25. The molecule has 0 bridgehead atoms. The minimum Gasteiger partial charge on any atom is -0.482 e. The molecule has 112 valence electrons. The predicted octanol–water partition coefficient (Wildman–Crippen LogP) is 3.83. The van der Waals surface area contributed by atoms with Gasteiger partial charge >= 0.3 is 0 Å². The second kappa shape index (κ2) is 6.39. The Labute approximate surface area is 129 Å². The van der Waals surface area contributed by atoms with Gasteiger partial charge in [-0.1, -0.05) is 44.2 Å². The third-order valence-corrected chi connectivity index (χ3v) is 3.14. The second-order valence-electron chi connectivity index (χ2n) is 5.22. The Morgan fingerprint density at radius 1 is 1.05 bits per heavy atom. The van der Waals surface area contributed by atoms with E-state index in [1.807, 2.05) is 56.3 Å². The van der Waals surface area contributed by atoms with E-state index in [1.165, 1.54) is 0 Å². The van der Waals surface area contributed by atoms with E-state index in [1.54, 1.807) is 6.20 Å². The van der Waals surface area contributed by atoms with Gasteiger partial charge in [-0.15, -0.1) is 10.2 Å². The number of aromatic nitrogens is 3. The zero-order valence-corrected chi connectivity index (χ0v) is 12.6. The van der Waals surface area contributed by atoms with Gasteiger partial charge in [-0.2, -0.15) is 0 Å². The van der Waals surface area contributed by atoms with E-state index in [2.05, 4.69) is 15.2 Å². The van der Waals surface area contributed by atoms with Gasteiger partial charge in [-0.25, -0.2) is 0 Å². The van der Waals surface area contributed by atoms with Gasteiger partial charge in [0.25, 0.3) is 5.89 Å². The minimum absolute atomic E-state index is 0.216. The van der Waals surface area contributed by atoms with Crippen LogP contribution in [0.15, 0.2) is 53.1 Å². The maximum absolute atomic E-state index is 5.62. The van der Waals surface area contributed by atoms with E-state index in [0.29, 0.717) is 17.5 Å². The highest BCUT2D eigenvalue weighted by molar-refractivity contribution is 5.58. The van der Waals surface area contributed by atoms with Crippen LogP contribution in [0.3, 0.4) is 0 Å². The van der Waals surface area contributed by atoms with Crippen molar-refractivity contribution in [2.24, 2.45) is 0 Å². The summed E-state index contributed by atoms with van der Waals surface area (Å²) in [4.78, 5) is 4.40. The topological polar surface area (TPSA) is 61.0 Å². The summed E-state index contributed by atoms with van der Waals surface area (Å²) in [6, 6.07) is 13.8. The van der Waals surface area contributed by atoms with Crippen molar-refractivity contribution < 1.29 is 9.15 Å². The number of hydrogen-bond donors (Lipinski definition) is 0. The molecule has 1 aromatic carbocycles. The maximum atomic E-state index is 5.62. The average molecular weight is 295 g/mol. The van der Waals surface area contributed by atoms with Crippen LogP contribution in [0.4, 0.5) is 0 Å². The van der Waals surface area contributed by atoms with Crippen molar-refractivity contribution in [3.63, 3.8) is 0 Å². The molecule has 0 aliphatic carbocycles. The summed E-state index contributed by atoms with van der Waals surface area (Å²) in [5, 5.41) is 7.93. The van der Waals surface area contributed by atoms with Crippen molar-refractivity contribution in [3.05, 3.63) is 60.4 Å². The molecule has 5 heteroatoms. The lowest BCUT2D eigenvalue weighted by atomic mass is 10.1. The molecule has 3 aromatic rings. The lowest BCUT2D eigenvalue weighted by Gasteiger charge is -2.04. The van der Waals surface area contributed by atoms with Crippen molar-refractivity contribution in [1.29, 1.82) is 0 Å². The van der Waals surface area contributed by atoms with Crippen molar-refractivity contribution in [3.8, 4) is 17.0 Å². The van der Waals surface area contributed by atoms with Crippen LogP contribution in [-0.2, 0) is 6.61 Å². The van der Waals surface area contributed by atoms with Crippen molar-refractivity contribution in [2.45, 2.75) is 26.4 Å². The van der Waals surface area contributed by atoms with Gasteiger partial charge in [0.1, 0.15) is 5.75 Å². The lowest BCUT2D eigenvalue weighted by molar-refractivity contribution is 0.256. The number of rotatable bonds is 5. The maximum Gasteiger partial charge on any atom is 0.253 e. The van der Waals surface area contributed by atoms with Gasteiger partial charge in [0, 0.05) is 11.5 Å². The fraction of sp³-hybridized carbons (Fsp3) is 0.235.